The van der Waals surface area contributed by atoms with E-state index in [0.717, 1.165) is 56.4 Å². The SMILES string of the molecule is O=C(COc1ccc(S(=O)(=O)NC2CCCCC2)cc1Cl)Nc1ccc(C(F)(F)F)cc1. The van der Waals surface area contributed by atoms with Crippen LogP contribution in [0.25, 0.3) is 0 Å². The minimum absolute atomic E-state index is 0.00497. The van der Waals surface area contributed by atoms with Gasteiger partial charge >= 0.3 is 6.18 Å². The van der Waals surface area contributed by atoms with Gasteiger partial charge in [-0.05, 0) is 55.3 Å². The Bertz CT molecular complexity index is 1050. The number of carbonyl (C=O) groups excluding carboxylic acids is 1. The average Bonchev–Trinajstić information content (AvgIpc) is 2.73. The molecule has 0 heterocycles. The average molecular weight is 491 g/mol. The van der Waals surface area contributed by atoms with Gasteiger partial charge in [-0.25, -0.2) is 13.1 Å². The molecule has 2 aromatic rings. The summed E-state index contributed by atoms with van der Waals surface area (Å²) in [5.74, 6) is -0.512. The molecular weight excluding hydrogens is 469 g/mol. The maximum absolute atomic E-state index is 12.6. The summed E-state index contributed by atoms with van der Waals surface area (Å²) in [6.45, 7) is -0.465. The van der Waals surface area contributed by atoms with Crippen LogP contribution in [0, 0.1) is 0 Å². The summed E-state index contributed by atoms with van der Waals surface area (Å²) in [6, 6.07) is 7.80. The van der Waals surface area contributed by atoms with Crippen LogP contribution in [0.3, 0.4) is 0 Å². The predicted molar refractivity (Wildman–Crippen MR) is 114 cm³/mol. The molecule has 0 aliphatic heterocycles. The Kier molecular flexibility index (Phi) is 7.68. The van der Waals surface area contributed by atoms with Crippen LogP contribution in [0.1, 0.15) is 37.7 Å². The third-order valence-corrected chi connectivity index (χ3v) is 6.81. The highest BCUT2D eigenvalue weighted by Crippen LogP contribution is 2.30. The molecule has 0 atom stereocenters. The van der Waals surface area contributed by atoms with Gasteiger partial charge in [-0.15, -0.1) is 0 Å². The fourth-order valence-corrected chi connectivity index (χ4v) is 4.99. The van der Waals surface area contributed by atoms with Gasteiger partial charge in [0, 0.05) is 11.7 Å². The summed E-state index contributed by atoms with van der Waals surface area (Å²) >= 11 is 6.13. The number of amides is 1. The minimum atomic E-state index is -4.46. The number of ether oxygens (including phenoxy) is 1. The second kappa shape index (κ2) is 10.1. The lowest BCUT2D eigenvalue weighted by molar-refractivity contribution is -0.137. The monoisotopic (exact) mass is 490 g/mol. The van der Waals surface area contributed by atoms with Crippen molar-refractivity contribution in [3.63, 3.8) is 0 Å². The van der Waals surface area contributed by atoms with Gasteiger partial charge < -0.3 is 10.1 Å². The van der Waals surface area contributed by atoms with Gasteiger partial charge in [0.25, 0.3) is 5.91 Å². The summed E-state index contributed by atoms with van der Waals surface area (Å²) < 4.78 is 70.9. The highest BCUT2D eigenvalue weighted by Gasteiger charge is 2.30. The Morgan fingerprint density at radius 3 is 2.31 bits per heavy atom. The minimum Gasteiger partial charge on any atom is -0.482 e. The number of alkyl halides is 3. The molecule has 0 radical (unpaired) electrons. The lowest BCUT2D eigenvalue weighted by Crippen LogP contribution is -2.36. The summed E-state index contributed by atoms with van der Waals surface area (Å²) in [6.07, 6.45) is 0.186. The first-order valence-corrected chi connectivity index (χ1v) is 11.8. The van der Waals surface area contributed by atoms with Crippen LogP contribution in [0.15, 0.2) is 47.4 Å². The highest BCUT2D eigenvalue weighted by molar-refractivity contribution is 7.89. The second-order valence-electron chi connectivity index (χ2n) is 7.46. The van der Waals surface area contributed by atoms with E-state index in [1.807, 2.05) is 0 Å². The lowest BCUT2D eigenvalue weighted by atomic mass is 9.96. The third-order valence-electron chi connectivity index (χ3n) is 5.00. The Morgan fingerprint density at radius 2 is 1.72 bits per heavy atom. The number of sulfonamides is 1. The van der Waals surface area contributed by atoms with Crippen molar-refractivity contribution in [1.82, 2.24) is 4.72 Å². The van der Waals surface area contributed by atoms with Crippen molar-refractivity contribution in [3.8, 4) is 5.75 Å². The van der Waals surface area contributed by atoms with Crippen molar-refractivity contribution in [2.75, 3.05) is 11.9 Å². The van der Waals surface area contributed by atoms with Crippen LogP contribution < -0.4 is 14.8 Å². The zero-order chi connectivity index (χ0) is 23.4. The van der Waals surface area contributed by atoms with Gasteiger partial charge in [-0.1, -0.05) is 30.9 Å². The molecule has 1 fully saturated rings. The van der Waals surface area contributed by atoms with Crippen molar-refractivity contribution in [2.45, 2.75) is 49.2 Å². The van der Waals surface area contributed by atoms with E-state index in [-0.39, 0.29) is 27.4 Å². The number of nitrogens with one attached hydrogen (secondary N) is 2. The van der Waals surface area contributed by atoms with E-state index in [2.05, 4.69) is 10.0 Å². The van der Waals surface area contributed by atoms with Crippen LogP contribution >= 0.6 is 11.6 Å². The van der Waals surface area contributed by atoms with Crippen LogP contribution in [-0.4, -0.2) is 27.0 Å². The van der Waals surface area contributed by atoms with Crippen molar-refractivity contribution in [1.29, 1.82) is 0 Å². The molecule has 6 nitrogen and oxygen atoms in total. The lowest BCUT2D eigenvalue weighted by Gasteiger charge is -2.22. The molecule has 0 bridgehead atoms. The predicted octanol–water partition coefficient (Wildman–Crippen LogP) is 4.99. The smallest absolute Gasteiger partial charge is 0.416 e. The van der Waals surface area contributed by atoms with Gasteiger partial charge in [-0.3, -0.25) is 4.79 Å². The molecule has 0 aromatic heterocycles. The Labute approximate surface area is 189 Å². The summed E-state index contributed by atoms with van der Waals surface area (Å²) in [5.41, 5.74) is -0.653. The molecule has 174 valence electrons. The molecule has 3 rings (SSSR count). The number of anilines is 1. The van der Waals surface area contributed by atoms with E-state index in [4.69, 9.17) is 16.3 Å². The highest BCUT2D eigenvalue weighted by atomic mass is 35.5. The molecule has 1 aliphatic rings. The van der Waals surface area contributed by atoms with Gasteiger partial charge in [0.15, 0.2) is 6.61 Å². The van der Waals surface area contributed by atoms with Crippen LogP contribution in [0.5, 0.6) is 5.75 Å². The van der Waals surface area contributed by atoms with Gasteiger partial charge in [0.1, 0.15) is 5.75 Å². The second-order valence-corrected chi connectivity index (χ2v) is 9.58. The molecule has 0 saturated heterocycles. The van der Waals surface area contributed by atoms with Crippen LogP contribution in [-0.2, 0) is 21.0 Å². The Morgan fingerprint density at radius 1 is 1.06 bits per heavy atom. The van der Waals surface area contributed by atoms with Gasteiger partial charge in [0.05, 0.1) is 15.5 Å². The van der Waals surface area contributed by atoms with Crippen molar-refractivity contribution in [2.24, 2.45) is 0 Å². The first-order valence-electron chi connectivity index (χ1n) is 9.96. The quantitative estimate of drug-likeness (QED) is 0.573. The number of rotatable bonds is 7. The topological polar surface area (TPSA) is 84.5 Å². The van der Waals surface area contributed by atoms with E-state index in [1.54, 1.807) is 0 Å². The van der Waals surface area contributed by atoms with Crippen molar-refractivity contribution in [3.05, 3.63) is 53.1 Å². The van der Waals surface area contributed by atoms with E-state index in [0.29, 0.717) is 0 Å². The molecule has 32 heavy (non-hydrogen) atoms. The fourth-order valence-electron chi connectivity index (χ4n) is 3.36. The number of hydrogen-bond acceptors (Lipinski definition) is 4. The van der Waals surface area contributed by atoms with E-state index in [1.165, 1.54) is 18.2 Å². The number of hydrogen-bond donors (Lipinski definition) is 2. The number of benzene rings is 2. The number of carbonyl (C=O) groups is 1. The standard InChI is InChI=1S/C21H22ClF3N2O4S/c22-18-12-17(32(29,30)27-16-4-2-1-3-5-16)10-11-19(18)31-13-20(28)26-15-8-6-14(7-9-15)21(23,24)25/h6-12,16,27H,1-5,13H2,(H,26,28). The fraction of sp³-hybridized carbons (Fsp3) is 0.381. The van der Waals surface area contributed by atoms with E-state index < -0.39 is 34.3 Å². The molecule has 0 spiro atoms. The van der Waals surface area contributed by atoms with E-state index >= 15 is 0 Å². The van der Waals surface area contributed by atoms with Crippen molar-refractivity contribution < 1.29 is 31.1 Å². The maximum atomic E-state index is 12.6. The zero-order valence-electron chi connectivity index (χ0n) is 16.9. The third kappa shape index (κ3) is 6.60. The molecular formula is C21H22ClF3N2O4S. The number of halogens is 4. The molecule has 1 aliphatic carbocycles. The molecule has 2 aromatic carbocycles. The molecule has 2 N–H and O–H groups in total. The van der Waals surface area contributed by atoms with Crippen LogP contribution in [0.4, 0.5) is 18.9 Å². The molecule has 1 amide bonds. The summed E-state index contributed by atoms with van der Waals surface area (Å²) in [7, 11) is -3.73. The Balaban J connectivity index is 1.56. The van der Waals surface area contributed by atoms with Crippen LogP contribution in [0.2, 0.25) is 5.02 Å². The largest absolute Gasteiger partial charge is 0.482 e. The summed E-state index contributed by atoms with van der Waals surface area (Å²) in [5, 5.41) is 2.42. The van der Waals surface area contributed by atoms with Crippen molar-refractivity contribution >= 4 is 33.2 Å². The van der Waals surface area contributed by atoms with E-state index in [9.17, 15) is 26.4 Å². The first-order chi connectivity index (χ1) is 15.0. The molecule has 0 unspecified atom stereocenters. The molecule has 11 heteroatoms. The normalized spacial score (nSPS) is 15.4. The zero-order valence-corrected chi connectivity index (χ0v) is 18.5. The molecule has 1 saturated carbocycles. The van der Waals surface area contributed by atoms with Gasteiger partial charge in [0.2, 0.25) is 10.0 Å². The maximum Gasteiger partial charge on any atom is 0.416 e. The summed E-state index contributed by atoms with van der Waals surface area (Å²) in [4.78, 5) is 12.0. The Hall–Kier alpha value is -2.30. The van der Waals surface area contributed by atoms with Gasteiger partial charge in [-0.2, -0.15) is 13.2 Å². The first kappa shape index (κ1) is 24.3.